The van der Waals surface area contributed by atoms with Crippen LogP contribution in [0.5, 0.6) is 5.75 Å². The van der Waals surface area contributed by atoms with Gasteiger partial charge < -0.3 is 15.4 Å². The van der Waals surface area contributed by atoms with Crippen LogP contribution in [0.3, 0.4) is 0 Å². The number of guanidine groups is 1. The molecule has 22 heavy (non-hydrogen) atoms. The van der Waals surface area contributed by atoms with Gasteiger partial charge >= 0.3 is 0 Å². The molecule has 0 aliphatic rings. The number of nitrogens with one attached hydrogen (secondary N) is 2. The molecule has 1 aromatic carbocycles. The molecule has 0 amide bonds. The summed E-state index contributed by atoms with van der Waals surface area (Å²) in [5, 5.41) is 6.42. The molecule has 5 nitrogen and oxygen atoms in total. The minimum absolute atomic E-state index is 0.181. The van der Waals surface area contributed by atoms with Gasteiger partial charge in [0.1, 0.15) is 5.75 Å². The van der Waals surface area contributed by atoms with Crippen molar-refractivity contribution in [1.29, 1.82) is 0 Å². The Bertz CT molecular complexity index is 524. The summed E-state index contributed by atoms with van der Waals surface area (Å²) in [6, 6.07) is 7.88. The first-order chi connectivity index (χ1) is 10.4. The zero-order valence-electron chi connectivity index (χ0n) is 14.1. The van der Waals surface area contributed by atoms with Crippen molar-refractivity contribution < 1.29 is 8.95 Å². The number of aliphatic imine (C=N–C) groups is 1. The smallest absolute Gasteiger partial charge is 0.191 e. The van der Waals surface area contributed by atoms with Crippen LogP contribution in [0.25, 0.3) is 0 Å². The van der Waals surface area contributed by atoms with Crippen LogP contribution in [0.15, 0.2) is 29.3 Å². The molecule has 1 unspecified atom stereocenters. The summed E-state index contributed by atoms with van der Waals surface area (Å²) in [4.78, 5) is 4.17. The molecular formula is C16H27N3O2S. The second-order valence-corrected chi connectivity index (χ2v) is 8.19. The third-order valence-electron chi connectivity index (χ3n) is 3.08. The molecule has 0 saturated carbocycles. The summed E-state index contributed by atoms with van der Waals surface area (Å²) in [7, 11) is 2.52. The average Bonchev–Trinajstić information content (AvgIpc) is 2.49. The van der Waals surface area contributed by atoms with Crippen molar-refractivity contribution >= 4 is 16.8 Å². The second-order valence-electron chi connectivity index (χ2n) is 5.87. The molecule has 6 heteroatoms. The van der Waals surface area contributed by atoms with E-state index in [1.165, 1.54) is 0 Å². The van der Waals surface area contributed by atoms with E-state index in [1.54, 1.807) is 14.2 Å². The maximum atomic E-state index is 12.0. The van der Waals surface area contributed by atoms with Crippen LogP contribution in [0, 0.1) is 0 Å². The fourth-order valence-electron chi connectivity index (χ4n) is 1.76. The van der Waals surface area contributed by atoms with Crippen molar-refractivity contribution in [2.45, 2.75) is 32.1 Å². The van der Waals surface area contributed by atoms with Crippen LogP contribution in [0.4, 0.5) is 0 Å². The molecule has 1 rings (SSSR count). The van der Waals surface area contributed by atoms with Gasteiger partial charge in [-0.1, -0.05) is 12.1 Å². The standard InChI is InChI=1S/C16H27N3O2S/c1-16(2,3)22(20)10-9-18-15(17-4)19-12-13-7-6-8-14(11-13)21-5/h6-8,11H,9-10,12H2,1-5H3,(H2,17,18,19). The Morgan fingerprint density at radius 1 is 1.32 bits per heavy atom. The Morgan fingerprint density at radius 3 is 2.64 bits per heavy atom. The topological polar surface area (TPSA) is 62.7 Å². The molecule has 0 saturated heterocycles. The van der Waals surface area contributed by atoms with Crippen molar-refractivity contribution in [3.05, 3.63) is 29.8 Å². The van der Waals surface area contributed by atoms with E-state index < -0.39 is 10.8 Å². The lowest BCUT2D eigenvalue weighted by molar-refractivity contribution is 0.414. The number of benzene rings is 1. The van der Waals surface area contributed by atoms with Gasteiger partial charge in [0.05, 0.1) is 7.11 Å². The molecule has 1 atom stereocenters. The lowest BCUT2D eigenvalue weighted by Crippen LogP contribution is -2.40. The van der Waals surface area contributed by atoms with Crippen LogP contribution >= 0.6 is 0 Å². The first-order valence-electron chi connectivity index (χ1n) is 7.32. The fraction of sp³-hybridized carbons (Fsp3) is 0.562. The largest absolute Gasteiger partial charge is 0.497 e. The van der Waals surface area contributed by atoms with Crippen molar-refractivity contribution in [2.24, 2.45) is 4.99 Å². The summed E-state index contributed by atoms with van der Waals surface area (Å²) in [6.45, 7) is 7.23. The van der Waals surface area contributed by atoms with Gasteiger partial charge in [-0.3, -0.25) is 9.20 Å². The van der Waals surface area contributed by atoms with E-state index in [4.69, 9.17) is 4.74 Å². The molecule has 0 heterocycles. The normalized spacial score (nSPS) is 13.6. The minimum atomic E-state index is -0.862. The van der Waals surface area contributed by atoms with E-state index in [2.05, 4.69) is 15.6 Å². The van der Waals surface area contributed by atoms with Crippen LogP contribution in [-0.4, -0.2) is 41.4 Å². The van der Waals surface area contributed by atoms with Crippen molar-refractivity contribution in [2.75, 3.05) is 26.5 Å². The van der Waals surface area contributed by atoms with Gasteiger partial charge in [0, 0.05) is 41.4 Å². The molecule has 0 spiro atoms. The quantitative estimate of drug-likeness (QED) is 0.619. The second kappa shape index (κ2) is 8.78. The number of hydrogen-bond donors (Lipinski definition) is 2. The third kappa shape index (κ3) is 6.47. The maximum Gasteiger partial charge on any atom is 0.191 e. The highest BCUT2D eigenvalue weighted by molar-refractivity contribution is 7.86. The molecule has 1 aromatic rings. The van der Waals surface area contributed by atoms with Crippen LogP contribution in [0.1, 0.15) is 26.3 Å². The number of rotatable bonds is 6. The Morgan fingerprint density at radius 2 is 2.05 bits per heavy atom. The number of nitrogens with zero attached hydrogens (tertiary/aromatic N) is 1. The van der Waals surface area contributed by atoms with Crippen molar-refractivity contribution in [1.82, 2.24) is 10.6 Å². The number of hydrogen-bond acceptors (Lipinski definition) is 3. The number of ether oxygens (including phenoxy) is 1. The number of methoxy groups -OCH3 is 1. The fourth-order valence-corrected chi connectivity index (χ4v) is 2.66. The van der Waals surface area contributed by atoms with Crippen LogP contribution in [0.2, 0.25) is 0 Å². The Hall–Kier alpha value is -1.56. The van der Waals surface area contributed by atoms with E-state index in [-0.39, 0.29) is 4.75 Å². The predicted molar refractivity (Wildman–Crippen MR) is 94.0 cm³/mol. The van der Waals surface area contributed by atoms with Gasteiger partial charge in [-0.15, -0.1) is 0 Å². The molecule has 0 aliphatic heterocycles. The van der Waals surface area contributed by atoms with E-state index in [9.17, 15) is 4.21 Å². The average molecular weight is 325 g/mol. The molecule has 2 N–H and O–H groups in total. The van der Waals surface area contributed by atoms with E-state index in [0.29, 0.717) is 24.8 Å². The lowest BCUT2D eigenvalue weighted by atomic mass is 10.2. The van der Waals surface area contributed by atoms with Crippen molar-refractivity contribution in [3.8, 4) is 5.75 Å². The molecule has 0 fully saturated rings. The Kier molecular flexibility index (Phi) is 7.38. The van der Waals surface area contributed by atoms with Gasteiger partial charge in [0.25, 0.3) is 0 Å². The summed E-state index contributed by atoms with van der Waals surface area (Å²) in [6.07, 6.45) is 0. The van der Waals surface area contributed by atoms with Gasteiger partial charge in [-0.2, -0.15) is 0 Å². The maximum absolute atomic E-state index is 12.0. The Labute approximate surface area is 136 Å². The molecule has 124 valence electrons. The van der Waals surface area contributed by atoms with Gasteiger partial charge in [-0.05, 0) is 38.5 Å². The summed E-state index contributed by atoms with van der Waals surface area (Å²) in [5.41, 5.74) is 1.11. The molecule has 0 radical (unpaired) electrons. The van der Waals surface area contributed by atoms with Crippen molar-refractivity contribution in [3.63, 3.8) is 0 Å². The molecule has 0 bridgehead atoms. The first kappa shape index (κ1) is 18.5. The van der Waals surface area contributed by atoms with Gasteiger partial charge in [-0.25, -0.2) is 0 Å². The minimum Gasteiger partial charge on any atom is -0.497 e. The van der Waals surface area contributed by atoms with Crippen LogP contribution in [-0.2, 0) is 17.3 Å². The Balaban J connectivity index is 2.41. The van der Waals surface area contributed by atoms with E-state index in [0.717, 1.165) is 11.3 Å². The zero-order chi connectivity index (χ0) is 16.6. The monoisotopic (exact) mass is 325 g/mol. The highest BCUT2D eigenvalue weighted by Crippen LogP contribution is 2.12. The summed E-state index contributed by atoms with van der Waals surface area (Å²) in [5.74, 6) is 2.14. The molecule has 0 aromatic heterocycles. The first-order valence-corrected chi connectivity index (χ1v) is 8.64. The van der Waals surface area contributed by atoms with E-state index >= 15 is 0 Å². The zero-order valence-corrected chi connectivity index (χ0v) is 14.9. The third-order valence-corrected chi connectivity index (χ3v) is 5.02. The lowest BCUT2D eigenvalue weighted by Gasteiger charge is -2.18. The summed E-state index contributed by atoms with van der Waals surface area (Å²) >= 11 is 0. The predicted octanol–water partition coefficient (Wildman–Crippen LogP) is 1.91. The SMILES string of the molecule is CN=C(NCCS(=O)C(C)(C)C)NCc1cccc(OC)c1. The summed E-state index contributed by atoms with van der Waals surface area (Å²) < 4.78 is 17.0. The van der Waals surface area contributed by atoms with Gasteiger partial charge in [0.15, 0.2) is 5.96 Å². The van der Waals surface area contributed by atoms with Gasteiger partial charge in [0.2, 0.25) is 0 Å². The van der Waals surface area contributed by atoms with E-state index in [1.807, 2.05) is 45.0 Å². The molecular weight excluding hydrogens is 298 g/mol. The van der Waals surface area contributed by atoms with Crippen LogP contribution < -0.4 is 15.4 Å². The molecule has 0 aliphatic carbocycles. The highest BCUT2D eigenvalue weighted by atomic mass is 32.2. The highest BCUT2D eigenvalue weighted by Gasteiger charge is 2.18.